The lowest BCUT2D eigenvalue weighted by molar-refractivity contribution is -0.438. The van der Waals surface area contributed by atoms with Gasteiger partial charge in [0.1, 0.15) is 0 Å². The summed E-state index contributed by atoms with van der Waals surface area (Å²) in [6.45, 7) is 2.67. The Bertz CT molecular complexity index is 779. The number of nitrogens with one attached hydrogen (secondary N) is 1. The van der Waals surface area contributed by atoms with Crippen LogP contribution in [0.5, 0.6) is 0 Å². The largest absolute Gasteiger partial charge is 0.453 e. The smallest absolute Gasteiger partial charge is 0.278 e. The summed E-state index contributed by atoms with van der Waals surface area (Å²) in [6, 6.07) is 3.73. The fourth-order valence-corrected chi connectivity index (χ4v) is 2.59. The minimum Gasteiger partial charge on any atom is -0.278 e. The maximum atomic E-state index is 13.7. The van der Waals surface area contributed by atoms with E-state index in [0.717, 1.165) is 10.8 Å². The quantitative estimate of drug-likeness (QED) is 0.313. The van der Waals surface area contributed by atoms with Gasteiger partial charge in [0, 0.05) is 22.6 Å². The minimum atomic E-state index is -6.48. The van der Waals surface area contributed by atoms with Crippen molar-refractivity contribution < 1.29 is 48.3 Å². The molecule has 0 aliphatic carbocycles. The molecule has 1 aromatic carbocycles. The van der Waals surface area contributed by atoms with Crippen LogP contribution in [0.4, 0.5) is 40.8 Å². The number of halogens is 9. The average molecular weight is 527 g/mol. The van der Waals surface area contributed by atoms with Gasteiger partial charge >= 0.3 is 31.4 Å². The molecule has 0 saturated carbocycles. The standard InChI is InChI=1S/C12H10F8INO3S/c1-6-3-4-7(2)8(5-6)22-26(23,24)12(19,20)11(17,18)25-10(15,16)9(13,14)21/h3-5,22H,1-2H3. The molecule has 150 valence electrons. The Kier molecular flexibility index (Phi) is 6.16. The van der Waals surface area contributed by atoms with Crippen molar-refractivity contribution in [3.8, 4) is 0 Å². The molecule has 14 heteroatoms. The summed E-state index contributed by atoms with van der Waals surface area (Å²) in [5.41, 5.74) is -0.134. The first-order valence-electron chi connectivity index (χ1n) is 6.34. The van der Waals surface area contributed by atoms with Gasteiger partial charge in [0.2, 0.25) is 0 Å². The molecule has 4 nitrogen and oxygen atoms in total. The van der Waals surface area contributed by atoms with E-state index in [1.165, 1.54) is 26.0 Å². The number of alkyl halides is 9. The molecule has 0 unspecified atom stereocenters. The lowest BCUT2D eigenvalue weighted by Crippen LogP contribution is -2.56. The first-order chi connectivity index (χ1) is 11.3. The highest BCUT2D eigenvalue weighted by atomic mass is 127. The summed E-state index contributed by atoms with van der Waals surface area (Å²) < 4.78 is 126. The molecule has 1 aromatic rings. The molecular weight excluding hydrogens is 517 g/mol. The Balaban J connectivity index is 3.26. The second-order valence-electron chi connectivity index (χ2n) is 5.07. The minimum absolute atomic E-state index is 0.0448. The van der Waals surface area contributed by atoms with Crippen LogP contribution in [0.3, 0.4) is 0 Å². The van der Waals surface area contributed by atoms with Crippen LogP contribution in [0.2, 0.25) is 0 Å². The highest BCUT2D eigenvalue weighted by molar-refractivity contribution is 14.1. The van der Waals surface area contributed by atoms with Gasteiger partial charge in [-0.25, -0.2) is 4.74 Å². The second-order valence-corrected chi connectivity index (χ2v) is 8.15. The summed E-state index contributed by atoms with van der Waals surface area (Å²) in [6.07, 6.45) is -12.6. The van der Waals surface area contributed by atoms with E-state index < -0.39 is 37.1 Å². The van der Waals surface area contributed by atoms with Crippen LogP contribution in [0.25, 0.3) is 0 Å². The van der Waals surface area contributed by atoms with Crippen molar-refractivity contribution in [3.05, 3.63) is 29.3 Å². The van der Waals surface area contributed by atoms with Crippen LogP contribution in [0.15, 0.2) is 18.2 Å². The van der Waals surface area contributed by atoms with Crippen molar-refractivity contribution in [2.24, 2.45) is 0 Å². The van der Waals surface area contributed by atoms with E-state index in [1.54, 1.807) is 0 Å². The van der Waals surface area contributed by atoms with Gasteiger partial charge in [0.05, 0.1) is 5.69 Å². The highest BCUT2D eigenvalue weighted by Crippen LogP contribution is 2.49. The van der Waals surface area contributed by atoms with Gasteiger partial charge in [-0.05, 0) is 31.0 Å². The molecule has 0 atom stereocenters. The van der Waals surface area contributed by atoms with E-state index in [9.17, 15) is 43.5 Å². The number of ether oxygens (including phenoxy) is 1. The molecule has 0 saturated heterocycles. The number of aryl methyl sites for hydroxylation is 2. The number of sulfonamides is 1. The third-order valence-electron chi connectivity index (χ3n) is 2.90. The van der Waals surface area contributed by atoms with E-state index >= 15 is 0 Å². The lowest BCUT2D eigenvalue weighted by Gasteiger charge is -2.30. The number of anilines is 1. The molecule has 0 aromatic heterocycles. The van der Waals surface area contributed by atoms with Gasteiger partial charge in [-0.3, -0.25) is 4.72 Å². The highest BCUT2D eigenvalue weighted by Gasteiger charge is 2.73. The summed E-state index contributed by atoms with van der Waals surface area (Å²) in [5, 5.41) is -6.30. The lowest BCUT2D eigenvalue weighted by atomic mass is 10.1. The molecule has 1 N–H and O–H groups in total. The predicted molar refractivity (Wildman–Crippen MR) is 83.4 cm³/mol. The molecule has 0 fully saturated rings. The van der Waals surface area contributed by atoms with Gasteiger partial charge < -0.3 is 0 Å². The van der Waals surface area contributed by atoms with Crippen LogP contribution < -0.4 is 4.72 Å². The zero-order valence-corrected chi connectivity index (χ0v) is 15.7. The van der Waals surface area contributed by atoms with Crippen molar-refractivity contribution in [1.82, 2.24) is 0 Å². The van der Waals surface area contributed by atoms with Crippen molar-refractivity contribution in [3.63, 3.8) is 0 Å². The van der Waals surface area contributed by atoms with E-state index in [1.807, 2.05) is 0 Å². The first-order valence-corrected chi connectivity index (χ1v) is 8.90. The Hall–Kier alpha value is -0.900. The molecule has 0 radical (unpaired) electrons. The Morgan fingerprint density at radius 3 is 1.92 bits per heavy atom. The van der Waals surface area contributed by atoms with Gasteiger partial charge in [-0.2, -0.15) is 43.5 Å². The summed E-state index contributed by atoms with van der Waals surface area (Å²) in [5.74, 6) is 0. The van der Waals surface area contributed by atoms with Gasteiger partial charge in [-0.15, -0.1) is 0 Å². The predicted octanol–water partition coefficient (Wildman–Crippen LogP) is 4.87. The van der Waals surface area contributed by atoms with E-state index in [2.05, 4.69) is 4.74 Å². The molecule has 0 heterocycles. The van der Waals surface area contributed by atoms with Crippen molar-refractivity contribution in [1.29, 1.82) is 0 Å². The van der Waals surface area contributed by atoms with E-state index in [-0.39, 0.29) is 28.2 Å². The van der Waals surface area contributed by atoms with Crippen molar-refractivity contribution >= 4 is 38.3 Å². The fraction of sp³-hybridized carbons (Fsp3) is 0.500. The molecule has 0 aliphatic rings. The maximum Gasteiger partial charge on any atom is 0.453 e. The summed E-state index contributed by atoms with van der Waals surface area (Å²) in [7, 11) is -6.37. The normalized spacial score (nSPS) is 14.4. The van der Waals surface area contributed by atoms with Crippen LogP contribution in [0.1, 0.15) is 11.1 Å². The zero-order chi connectivity index (χ0) is 20.8. The monoisotopic (exact) mass is 527 g/mol. The van der Waals surface area contributed by atoms with Crippen molar-refractivity contribution in [2.45, 2.75) is 35.2 Å². The van der Waals surface area contributed by atoms with Crippen LogP contribution >= 0.6 is 22.6 Å². The number of hydrogen-bond donors (Lipinski definition) is 1. The molecule has 0 amide bonds. The Morgan fingerprint density at radius 1 is 0.962 bits per heavy atom. The first kappa shape index (κ1) is 23.1. The van der Waals surface area contributed by atoms with Gasteiger partial charge in [0.25, 0.3) is 0 Å². The van der Waals surface area contributed by atoms with Crippen molar-refractivity contribution in [2.75, 3.05) is 4.72 Å². The fourth-order valence-electron chi connectivity index (χ4n) is 1.49. The SMILES string of the molecule is Cc1ccc(C)c(NS(=O)(=O)C(F)(F)C(F)(F)OC(F)(F)C(F)(F)I)c1. The topological polar surface area (TPSA) is 55.4 Å². The van der Waals surface area contributed by atoms with Gasteiger partial charge in [-0.1, -0.05) is 12.1 Å². The number of benzene rings is 1. The van der Waals surface area contributed by atoms with E-state index in [4.69, 9.17) is 0 Å². The average Bonchev–Trinajstić information content (AvgIpc) is 2.39. The van der Waals surface area contributed by atoms with Crippen LogP contribution in [0, 0.1) is 13.8 Å². The number of rotatable bonds is 7. The Labute approximate surface area is 156 Å². The van der Waals surface area contributed by atoms with Crippen LogP contribution in [-0.4, -0.2) is 29.8 Å². The van der Waals surface area contributed by atoms with Gasteiger partial charge in [0.15, 0.2) is 0 Å². The molecule has 0 aliphatic heterocycles. The molecule has 0 spiro atoms. The molecule has 0 bridgehead atoms. The molecular formula is C12H10F8INO3S. The third kappa shape index (κ3) is 4.49. The van der Waals surface area contributed by atoms with E-state index in [0.29, 0.717) is 5.56 Å². The molecule has 1 rings (SSSR count). The molecule has 26 heavy (non-hydrogen) atoms. The number of hydrogen-bond acceptors (Lipinski definition) is 3. The summed E-state index contributed by atoms with van der Waals surface area (Å²) >= 11 is -0.317. The second kappa shape index (κ2) is 6.92. The zero-order valence-electron chi connectivity index (χ0n) is 12.8. The Morgan fingerprint density at radius 2 is 1.46 bits per heavy atom. The third-order valence-corrected chi connectivity index (χ3v) is 4.93. The maximum absolute atomic E-state index is 13.7. The summed E-state index contributed by atoms with van der Waals surface area (Å²) in [4.78, 5) is 0. The van der Waals surface area contributed by atoms with Crippen LogP contribution in [-0.2, 0) is 14.8 Å².